The molecular formula is C7H7F4NO2. The third-order valence-electron chi connectivity index (χ3n) is 1.79. The van der Waals surface area contributed by atoms with Crippen LogP contribution in [0.4, 0.5) is 17.6 Å². The monoisotopic (exact) mass is 213 g/mol. The van der Waals surface area contributed by atoms with Crippen molar-refractivity contribution < 1.29 is 27.2 Å². The van der Waals surface area contributed by atoms with Gasteiger partial charge in [-0.1, -0.05) is 0 Å². The highest BCUT2D eigenvalue weighted by atomic mass is 19.3. The van der Waals surface area contributed by atoms with Gasteiger partial charge in [-0.2, -0.15) is 8.78 Å². The van der Waals surface area contributed by atoms with E-state index in [0.29, 0.717) is 4.90 Å². The van der Waals surface area contributed by atoms with Crippen molar-refractivity contribution in [2.24, 2.45) is 0 Å². The highest BCUT2D eigenvalue weighted by Gasteiger charge is 2.45. The van der Waals surface area contributed by atoms with Crippen molar-refractivity contribution >= 4 is 11.7 Å². The lowest BCUT2D eigenvalue weighted by Gasteiger charge is -2.21. The fourth-order valence-corrected chi connectivity index (χ4v) is 1.10. The van der Waals surface area contributed by atoms with Crippen molar-refractivity contribution in [2.75, 3.05) is 13.1 Å². The van der Waals surface area contributed by atoms with Crippen LogP contribution in [-0.4, -0.2) is 42.0 Å². The predicted molar refractivity (Wildman–Crippen MR) is 37.2 cm³/mol. The number of halogens is 4. The Hall–Kier alpha value is -1.14. The van der Waals surface area contributed by atoms with Crippen molar-refractivity contribution in [3.8, 4) is 0 Å². The van der Waals surface area contributed by atoms with Gasteiger partial charge in [-0.15, -0.1) is 0 Å². The molecule has 14 heavy (non-hydrogen) atoms. The van der Waals surface area contributed by atoms with Crippen LogP contribution in [0.1, 0.15) is 6.42 Å². The van der Waals surface area contributed by atoms with E-state index in [-0.39, 0.29) is 0 Å². The van der Waals surface area contributed by atoms with E-state index in [1.165, 1.54) is 0 Å². The number of rotatable bonds is 3. The Labute approximate surface area is 76.7 Å². The summed E-state index contributed by atoms with van der Waals surface area (Å²) >= 11 is 0. The van der Waals surface area contributed by atoms with Gasteiger partial charge in [0.25, 0.3) is 0 Å². The van der Waals surface area contributed by atoms with E-state index in [1.807, 2.05) is 0 Å². The minimum Gasteiger partial charge on any atom is -0.329 e. The van der Waals surface area contributed by atoms with E-state index < -0.39 is 43.5 Å². The van der Waals surface area contributed by atoms with Crippen LogP contribution >= 0.6 is 0 Å². The van der Waals surface area contributed by atoms with Crippen LogP contribution in [-0.2, 0) is 9.59 Å². The maximum absolute atomic E-state index is 12.4. The number of amides is 1. The number of ketones is 1. The molecule has 0 aliphatic carbocycles. The zero-order valence-corrected chi connectivity index (χ0v) is 6.97. The van der Waals surface area contributed by atoms with Crippen LogP contribution in [0.3, 0.4) is 0 Å². The average Bonchev–Trinajstić information content (AvgIpc) is 2.29. The van der Waals surface area contributed by atoms with Gasteiger partial charge in [0.05, 0.1) is 19.5 Å². The maximum Gasteiger partial charge on any atom is 0.324 e. The first-order valence-electron chi connectivity index (χ1n) is 3.78. The first-order chi connectivity index (χ1) is 6.33. The lowest BCUT2D eigenvalue weighted by atomic mass is 10.3. The van der Waals surface area contributed by atoms with Crippen molar-refractivity contribution in [1.82, 2.24) is 4.90 Å². The lowest BCUT2D eigenvalue weighted by molar-refractivity contribution is -0.153. The van der Waals surface area contributed by atoms with E-state index in [2.05, 4.69) is 0 Å². The van der Waals surface area contributed by atoms with Gasteiger partial charge in [0.15, 0.2) is 5.78 Å². The van der Waals surface area contributed by atoms with Crippen molar-refractivity contribution in [1.29, 1.82) is 0 Å². The molecule has 80 valence electrons. The molecule has 7 heteroatoms. The molecule has 1 fully saturated rings. The summed E-state index contributed by atoms with van der Waals surface area (Å²) in [5, 5.41) is 0. The Bertz CT molecular complexity index is 266. The van der Waals surface area contributed by atoms with Gasteiger partial charge in [0.2, 0.25) is 5.91 Å². The number of alkyl halides is 4. The molecule has 1 aliphatic heterocycles. The van der Waals surface area contributed by atoms with Crippen LogP contribution < -0.4 is 0 Å². The van der Waals surface area contributed by atoms with Crippen LogP contribution in [0.5, 0.6) is 0 Å². The summed E-state index contributed by atoms with van der Waals surface area (Å²) in [6.45, 7) is -1.89. The second-order valence-corrected chi connectivity index (χ2v) is 3.03. The van der Waals surface area contributed by atoms with Gasteiger partial charge >= 0.3 is 12.3 Å². The van der Waals surface area contributed by atoms with E-state index in [0.717, 1.165) is 0 Å². The van der Waals surface area contributed by atoms with E-state index in [9.17, 15) is 27.2 Å². The summed E-state index contributed by atoms with van der Waals surface area (Å²) in [5.41, 5.74) is 0. The number of hydrogen-bond donors (Lipinski definition) is 0. The van der Waals surface area contributed by atoms with Crippen molar-refractivity contribution in [3.05, 3.63) is 0 Å². The molecule has 0 aromatic rings. The van der Waals surface area contributed by atoms with E-state index in [4.69, 9.17) is 0 Å². The Morgan fingerprint density at radius 3 is 2.29 bits per heavy atom. The summed E-state index contributed by atoms with van der Waals surface area (Å²) < 4.78 is 48.3. The van der Waals surface area contributed by atoms with E-state index in [1.54, 1.807) is 0 Å². The first kappa shape index (κ1) is 10.9. The summed E-state index contributed by atoms with van der Waals surface area (Å²) in [6, 6.07) is 0. The molecule has 0 N–H and O–H groups in total. The summed E-state index contributed by atoms with van der Waals surface area (Å²) in [6.07, 6.45) is -4.30. The van der Waals surface area contributed by atoms with Gasteiger partial charge in [-0.05, 0) is 0 Å². The lowest BCUT2D eigenvalue weighted by Crippen LogP contribution is -2.42. The molecular weight excluding hydrogens is 206 g/mol. The molecule has 0 aromatic heterocycles. The quantitative estimate of drug-likeness (QED) is 0.511. The normalized spacial score (nSPS) is 18.5. The number of carbonyl (C=O) groups is 2. The third kappa shape index (κ3) is 2.21. The van der Waals surface area contributed by atoms with Gasteiger partial charge in [-0.25, -0.2) is 8.78 Å². The minimum absolute atomic E-state index is 0.453. The minimum atomic E-state index is -4.25. The highest BCUT2D eigenvalue weighted by molar-refractivity contribution is 6.05. The number of likely N-dealkylation sites (tertiary alicyclic amines) is 1. The second-order valence-electron chi connectivity index (χ2n) is 3.03. The summed E-state index contributed by atoms with van der Waals surface area (Å²) in [5.74, 6) is -5.60. The van der Waals surface area contributed by atoms with Crippen molar-refractivity contribution in [2.45, 2.75) is 18.8 Å². The maximum atomic E-state index is 12.4. The number of nitrogens with zero attached hydrogens (tertiary/aromatic N) is 1. The van der Waals surface area contributed by atoms with Crippen LogP contribution in [0.25, 0.3) is 0 Å². The van der Waals surface area contributed by atoms with Crippen LogP contribution in [0.2, 0.25) is 0 Å². The van der Waals surface area contributed by atoms with Gasteiger partial charge in [-0.3, -0.25) is 9.59 Å². The fraction of sp³-hybridized carbons (Fsp3) is 0.714. The zero-order chi connectivity index (χ0) is 10.9. The number of hydrogen-bond acceptors (Lipinski definition) is 2. The van der Waals surface area contributed by atoms with Crippen molar-refractivity contribution in [3.63, 3.8) is 0 Å². The molecule has 0 radical (unpaired) electrons. The van der Waals surface area contributed by atoms with Crippen LogP contribution in [0, 0.1) is 0 Å². The Balaban J connectivity index is 2.61. The summed E-state index contributed by atoms with van der Waals surface area (Å²) in [4.78, 5) is 21.9. The highest BCUT2D eigenvalue weighted by Crippen LogP contribution is 2.25. The van der Waals surface area contributed by atoms with Gasteiger partial charge < -0.3 is 4.90 Å². The smallest absolute Gasteiger partial charge is 0.324 e. The molecule has 0 spiro atoms. The number of carbonyl (C=O) groups excluding carboxylic acids is 2. The third-order valence-corrected chi connectivity index (χ3v) is 1.79. The largest absolute Gasteiger partial charge is 0.329 e. The zero-order valence-electron chi connectivity index (χ0n) is 6.97. The molecule has 0 unspecified atom stereocenters. The van der Waals surface area contributed by atoms with Crippen LogP contribution in [0.15, 0.2) is 0 Å². The van der Waals surface area contributed by atoms with Gasteiger partial charge in [0, 0.05) is 0 Å². The molecule has 1 aliphatic rings. The molecule has 1 heterocycles. The SMILES string of the molecule is O=C1CC(=O)N(CC(F)(F)C(F)F)C1. The number of Topliss-reactive ketones (excluding diaryl/α,β-unsaturated/α-hetero) is 1. The first-order valence-corrected chi connectivity index (χ1v) is 3.78. The molecule has 1 rings (SSSR count). The molecule has 1 amide bonds. The Kier molecular flexibility index (Phi) is 2.77. The van der Waals surface area contributed by atoms with E-state index >= 15 is 0 Å². The molecule has 1 saturated heterocycles. The molecule has 3 nitrogen and oxygen atoms in total. The fourth-order valence-electron chi connectivity index (χ4n) is 1.10. The molecule has 0 aromatic carbocycles. The average molecular weight is 213 g/mol. The summed E-state index contributed by atoms with van der Waals surface area (Å²) in [7, 11) is 0. The molecule has 0 atom stereocenters. The predicted octanol–water partition coefficient (Wildman–Crippen LogP) is 0.688. The molecule has 0 saturated carbocycles. The molecule has 0 bridgehead atoms. The van der Waals surface area contributed by atoms with Gasteiger partial charge in [0.1, 0.15) is 0 Å². The second kappa shape index (κ2) is 3.55. The topological polar surface area (TPSA) is 37.4 Å². The standard InChI is InChI=1S/C7H7F4NO2/c8-6(9)7(10,11)3-12-2-4(13)1-5(12)14/h6H,1-3H2. The Morgan fingerprint density at radius 2 is 1.93 bits per heavy atom. The Morgan fingerprint density at radius 1 is 1.36 bits per heavy atom.